The molecule has 0 unspecified atom stereocenters. The third kappa shape index (κ3) is 3.78. The van der Waals surface area contributed by atoms with Gasteiger partial charge in [0.25, 0.3) is 5.92 Å². The highest BCUT2D eigenvalue weighted by Crippen LogP contribution is 2.31. The van der Waals surface area contributed by atoms with Crippen molar-refractivity contribution in [2.75, 3.05) is 13.1 Å². The molecule has 0 spiro atoms. The molecule has 2 radical (unpaired) electrons. The summed E-state index contributed by atoms with van der Waals surface area (Å²) in [6, 6.07) is 9.92. The molecule has 0 aliphatic carbocycles. The third-order valence-corrected chi connectivity index (χ3v) is 5.87. The molecular formula is C17H20BF2NO2S. The van der Waals surface area contributed by atoms with Crippen LogP contribution in [0.25, 0.3) is 10.8 Å². The molecule has 0 atom stereocenters. The van der Waals surface area contributed by atoms with Crippen molar-refractivity contribution in [1.29, 1.82) is 0 Å². The van der Waals surface area contributed by atoms with Gasteiger partial charge in [0.2, 0.25) is 10.0 Å². The van der Waals surface area contributed by atoms with E-state index in [9.17, 15) is 17.2 Å². The van der Waals surface area contributed by atoms with E-state index in [-0.39, 0.29) is 18.0 Å². The van der Waals surface area contributed by atoms with Gasteiger partial charge < -0.3 is 0 Å². The summed E-state index contributed by atoms with van der Waals surface area (Å²) in [5.41, 5.74) is 0.569. The molecule has 0 saturated carbocycles. The number of piperidine rings is 1. The lowest BCUT2D eigenvalue weighted by atomic mass is 9.90. The van der Waals surface area contributed by atoms with E-state index < -0.39 is 28.8 Å². The van der Waals surface area contributed by atoms with Crippen molar-refractivity contribution in [2.45, 2.75) is 37.5 Å². The summed E-state index contributed by atoms with van der Waals surface area (Å²) >= 11 is 0. The van der Waals surface area contributed by atoms with Gasteiger partial charge in [0.1, 0.15) is 7.85 Å². The average Bonchev–Trinajstić information content (AvgIpc) is 2.56. The third-order valence-electron chi connectivity index (χ3n) is 3.98. The first-order valence-electron chi connectivity index (χ1n) is 7.96. The molecule has 1 aliphatic heterocycles. The van der Waals surface area contributed by atoms with E-state index in [0.717, 1.165) is 9.69 Å². The first-order valence-corrected chi connectivity index (χ1v) is 9.40. The zero-order valence-corrected chi connectivity index (χ0v) is 14.6. The molecule has 0 bridgehead atoms. The van der Waals surface area contributed by atoms with Gasteiger partial charge in [-0.05, 0) is 22.9 Å². The van der Waals surface area contributed by atoms with E-state index in [2.05, 4.69) is 0 Å². The Labute approximate surface area is 143 Å². The number of benzene rings is 2. The van der Waals surface area contributed by atoms with Crippen molar-refractivity contribution in [1.82, 2.24) is 4.31 Å². The molecule has 2 aromatic carbocycles. The SMILES string of the molecule is CC.[B]c1cccc2cc(S(=O)(=O)N3CCC(F)(F)CC3)ccc12. The van der Waals surface area contributed by atoms with Crippen LogP contribution in [-0.4, -0.2) is 39.6 Å². The highest BCUT2D eigenvalue weighted by Gasteiger charge is 2.38. The summed E-state index contributed by atoms with van der Waals surface area (Å²) in [5, 5.41) is 1.48. The molecule has 3 nitrogen and oxygen atoms in total. The van der Waals surface area contributed by atoms with Crippen LogP contribution < -0.4 is 5.46 Å². The number of alkyl halides is 2. The van der Waals surface area contributed by atoms with E-state index in [0.29, 0.717) is 10.8 Å². The number of nitrogens with zero attached hydrogens (tertiary/aromatic N) is 1. The van der Waals surface area contributed by atoms with Crippen LogP contribution >= 0.6 is 0 Å². The molecule has 1 fully saturated rings. The van der Waals surface area contributed by atoms with Crippen molar-refractivity contribution < 1.29 is 17.2 Å². The van der Waals surface area contributed by atoms with E-state index >= 15 is 0 Å². The monoisotopic (exact) mass is 351 g/mol. The van der Waals surface area contributed by atoms with Crippen molar-refractivity contribution in [2.24, 2.45) is 0 Å². The number of hydrogen-bond donors (Lipinski definition) is 0. The zero-order valence-electron chi connectivity index (χ0n) is 13.8. The maximum Gasteiger partial charge on any atom is 0.250 e. The van der Waals surface area contributed by atoms with Crippen LogP contribution in [0.5, 0.6) is 0 Å². The number of hydrogen-bond acceptors (Lipinski definition) is 2. The van der Waals surface area contributed by atoms with Gasteiger partial charge in [-0.15, -0.1) is 0 Å². The Morgan fingerprint density at radius 1 is 1.08 bits per heavy atom. The van der Waals surface area contributed by atoms with Crippen molar-refractivity contribution in [3.05, 3.63) is 36.4 Å². The second kappa shape index (κ2) is 7.19. The highest BCUT2D eigenvalue weighted by atomic mass is 32.2. The van der Waals surface area contributed by atoms with Gasteiger partial charge in [0, 0.05) is 25.9 Å². The average molecular weight is 351 g/mol. The van der Waals surface area contributed by atoms with Crippen LogP contribution in [0.3, 0.4) is 0 Å². The Morgan fingerprint density at radius 2 is 1.71 bits per heavy atom. The molecule has 0 N–H and O–H groups in total. The van der Waals surface area contributed by atoms with E-state index in [1.807, 2.05) is 13.8 Å². The Kier molecular flexibility index (Phi) is 5.65. The van der Waals surface area contributed by atoms with Crippen LogP contribution in [0.2, 0.25) is 0 Å². The molecule has 24 heavy (non-hydrogen) atoms. The summed E-state index contributed by atoms with van der Waals surface area (Å²) in [4.78, 5) is 0.107. The van der Waals surface area contributed by atoms with E-state index in [4.69, 9.17) is 7.85 Å². The lowest BCUT2D eigenvalue weighted by Gasteiger charge is -2.30. The number of rotatable bonds is 2. The smallest absolute Gasteiger partial charge is 0.207 e. The van der Waals surface area contributed by atoms with Crippen LogP contribution in [0.1, 0.15) is 26.7 Å². The second-order valence-electron chi connectivity index (χ2n) is 5.49. The van der Waals surface area contributed by atoms with Gasteiger partial charge >= 0.3 is 0 Å². The maximum absolute atomic E-state index is 13.2. The van der Waals surface area contributed by atoms with Gasteiger partial charge in [0.15, 0.2) is 0 Å². The minimum atomic E-state index is -3.76. The van der Waals surface area contributed by atoms with Gasteiger partial charge in [-0.3, -0.25) is 0 Å². The van der Waals surface area contributed by atoms with Crippen LogP contribution in [0.15, 0.2) is 41.3 Å². The van der Waals surface area contributed by atoms with Gasteiger partial charge in [-0.25, -0.2) is 17.2 Å². The molecule has 0 amide bonds. The topological polar surface area (TPSA) is 37.4 Å². The van der Waals surface area contributed by atoms with Gasteiger partial charge in [-0.2, -0.15) is 4.31 Å². The molecule has 2 aromatic rings. The predicted molar refractivity (Wildman–Crippen MR) is 93.6 cm³/mol. The molecule has 1 aliphatic rings. The first-order chi connectivity index (χ1) is 11.3. The molecule has 128 valence electrons. The summed E-state index contributed by atoms with van der Waals surface area (Å²) in [5.74, 6) is -2.77. The van der Waals surface area contributed by atoms with Gasteiger partial charge in [0.05, 0.1) is 4.90 Å². The fraction of sp³-hybridized carbons (Fsp3) is 0.412. The summed E-state index contributed by atoms with van der Waals surface area (Å²) in [6.45, 7) is 3.68. The summed E-state index contributed by atoms with van der Waals surface area (Å²) in [6.07, 6.45) is -0.875. The molecule has 7 heteroatoms. The minimum Gasteiger partial charge on any atom is -0.207 e. The van der Waals surface area contributed by atoms with Crippen molar-refractivity contribution in [3.63, 3.8) is 0 Å². The first kappa shape index (κ1) is 18.9. The lowest BCUT2D eigenvalue weighted by molar-refractivity contribution is -0.0412. The lowest BCUT2D eigenvalue weighted by Crippen LogP contribution is -2.42. The number of sulfonamides is 1. The van der Waals surface area contributed by atoms with Crippen molar-refractivity contribution in [3.8, 4) is 0 Å². The fourth-order valence-corrected chi connectivity index (χ4v) is 4.13. The maximum atomic E-state index is 13.2. The van der Waals surface area contributed by atoms with Crippen LogP contribution in [0.4, 0.5) is 8.78 Å². The van der Waals surface area contributed by atoms with Gasteiger partial charge in [-0.1, -0.05) is 43.6 Å². The van der Waals surface area contributed by atoms with E-state index in [1.165, 1.54) is 12.1 Å². The number of halogens is 2. The number of fused-ring (bicyclic) bond motifs is 1. The largest absolute Gasteiger partial charge is 0.250 e. The Morgan fingerprint density at radius 3 is 2.33 bits per heavy atom. The molecular weight excluding hydrogens is 331 g/mol. The Bertz CT molecular complexity index is 814. The summed E-state index contributed by atoms with van der Waals surface area (Å²) in [7, 11) is 2.09. The Balaban J connectivity index is 0.00000100. The molecule has 1 saturated heterocycles. The van der Waals surface area contributed by atoms with Crippen LogP contribution in [0, 0.1) is 0 Å². The second-order valence-corrected chi connectivity index (χ2v) is 7.43. The minimum absolute atomic E-state index is 0.107. The molecule has 0 aromatic heterocycles. The van der Waals surface area contributed by atoms with Crippen molar-refractivity contribution >= 4 is 34.1 Å². The quantitative estimate of drug-likeness (QED) is 0.780. The van der Waals surface area contributed by atoms with E-state index in [1.54, 1.807) is 24.3 Å². The summed E-state index contributed by atoms with van der Waals surface area (Å²) < 4.78 is 52.6. The normalized spacial score (nSPS) is 18.0. The molecule has 3 rings (SSSR count). The fourth-order valence-electron chi connectivity index (χ4n) is 2.65. The zero-order chi connectivity index (χ0) is 18.0. The van der Waals surface area contributed by atoms with Crippen LogP contribution in [-0.2, 0) is 10.0 Å². The highest BCUT2D eigenvalue weighted by molar-refractivity contribution is 7.89. The standard InChI is InChI=1S/C15H14BF2NO2S.C2H6/c16-14-3-1-2-11-10-12(4-5-13(11)14)22(20,21)19-8-6-15(17,18)7-9-19;1-2/h1-5,10H,6-9H2;1-2H3. The predicted octanol–water partition coefficient (Wildman–Crippen LogP) is 3.08. The molecule has 1 heterocycles. The Hall–Kier alpha value is -1.47.